The maximum absolute atomic E-state index is 12.4. The van der Waals surface area contributed by atoms with Gasteiger partial charge in [-0.1, -0.05) is 66.7 Å². The number of ether oxygens (including phenoxy) is 1. The molecule has 0 bridgehead atoms. The molecule has 2 aromatic heterocycles. The molecule has 0 unspecified atom stereocenters. The molecule has 0 aliphatic carbocycles. The van der Waals surface area contributed by atoms with Crippen LogP contribution in [0, 0.1) is 0 Å². The molecule has 6 nitrogen and oxygen atoms in total. The minimum atomic E-state index is -0.203. The lowest BCUT2D eigenvalue weighted by Crippen LogP contribution is -2.20. The maximum Gasteiger partial charge on any atom is 0.244 e. The van der Waals surface area contributed by atoms with E-state index in [0.717, 1.165) is 27.9 Å². The Labute approximate surface area is 187 Å². The number of carbonyl (C=O) groups is 1. The molecule has 1 amide bonds. The topological polar surface area (TPSA) is 69.0 Å². The summed E-state index contributed by atoms with van der Waals surface area (Å²) in [5.74, 6) is 0.302. The number of carbonyl (C=O) groups excluding carboxylic acids is 1. The second kappa shape index (κ2) is 10.2. The first-order valence-electron chi connectivity index (χ1n) is 10.3. The largest absolute Gasteiger partial charge is 0.481 e. The zero-order valence-corrected chi connectivity index (χ0v) is 17.8. The number of benzene rings is 2. The van der Waals surface area contributed by atoms with Crippen LogP contribution in [-0.4, -0.2) is 27.8 Å². The molecule has 0 fully saturated rings. The number of rotatable bonds is 8. The summed E-state index contributed by atoms with van der Waals surface area (Å²) in [6.07, 6.45) is 6.94. The number of methoxy groups -OCH3 is 1. The average Bonchev–Trinajstić information content (AvgIpc) is 3.25. The standard InChI is InChI=1S/C26H24N4O2/c1-32-26-22(13-8-16-27-26)17-28-24(31)15-14-23-19-30(18-20-9-4-2-5-10-20)29-25(23)21-11-6-3-7-12-21/h2-16,19H,17-18H2,1H3,(H,28,31)/b15-14+. The van der Waals surface area contributed by atoms with E-state index in [9.17, 15) is 4.79 Å². The third-order valence-corrected chi connectivity index (χ3v) is 4.94. The molecule has 4 aromatic rings. The van der Waals surface area contributed by atoms with Gasteiger partial charge in [-0.15, -0.1) is 0 Å². The van der Waals surface area contributed by atoms with Crippen LogP contribution in [0.1, 0.15) is 16.7 Å². The lowest BCUT2D eigenvalue weighted by Gasteiger charge is -2.06. The molecule has 0 spiro atoms. The van der Waals surface area contributed by atoms with Gasteiger partial charge in [-0.2, -0.15) is 5.10 Å². The van der Waals surface area contributed by atoms with Gasteiger partial charge in [0.05, 0.1) is 19.3 Å². The van der Waals surface area contributed by atoms with Crippen LogP contribution in [0.2, 0.25) is 0 Å². The fraction of sp³-hybridized carbons (Fsp3) is 0.115. The van der Waals surface area contributed by atoms with Gasteiger partial charge in [-0.25, -0.2) is 4.98 Å². The quantitative estimate of drug-likeness (QED) is 0.428. The Bertz CT molecular complexity index is 1200. The molecule has 2 heterocycles. The van der Waals surface area contributed by atoms with Crippen LogP contribution in [0.25, 0.3) is 17.3 Å². The summed E-state index contributed by atoms with van der Waals surface area (Å²) in [4.78, 5) is 16.6. The second-order valence-corrected chi connectivity index (χ2v) is 7.21. The predicted molar refractivity (Wildman–Crippen MR) is 125 cm³/mol. The van der Waals surface area contributed by atoms with Crippen LogP contribution in [0.15, 0.2) is 91.3 Å². The van der Waals surface area contributed by atoms with E-state index < -0.39 is 0 Å². The third-order valence-electron chi connectivity index (χ3n) is 4.94. The number of pyridine rings is 1. The third kappa shape index (κ3) is 5.29. The van der Waals surface area contributed by atoms with Crippen LogP contribution < -0.4 is 10.1 Å². The Morgan fingerprint density at radius 1 is 1.03 bits per heavy atom. The van der Waals surface area contributed by atoms with E-state index in [-0.39, 0.29) is 5.91 Å². The molecule has 2 aromatic carbocycles. The first kappa shape index (κ1) is 21.1. The highest BCUT2D eigenvalue weighted by molar-refractivity contribution is 5.92. The fourth-order valence-electron chi connectivity index (χ4n) is 3.38. The number of amides is 1. The van der Waals surface area contributed by atoms with Crippen molar-refractivity contribution in [3.05, 3.63) is 108 Å². The van der Waals surface area contributed by atoms with E-state index in [4.69, 9.17) is 9.84 Å². The smallest absolute Gasteiger partial charge is 0.244 e. The van der Waals surface area contributed by atoms with Crippen molar-refractivity contribution >= 4 is 12.0 Å². The zero-order chi connectivity index (χ0) is 22.2. The highest BCUT2D eigenvalue weighted by Gasteiger charge is 2.10. The van der Waals surface area contributed by atoms with Crippen molar-refractivity contribution in [1.29, 1.82) is 0 Å². The summed E-state index contributed by atoms with van der Waals surface area (Å²) in [5.41, 5.74) is 4.69. The van der Waals surface area contributed by atoms with Crippen LogP contribution in [0.5, 0.6) is 5.88 Å². The summed E-state index contributed by atoms with van der Waals surface area (Å²) >= 11 is 0. The van der Waals surface area contributed by atoms with E-state index >= 15 is 0 Å². The maximum atomic E-state index is 12.4. The lowest BCUT2D eigenvalue weighted by molar-refractivity contribution is -0.116. The lowest BCUT2D eigenvalue weighted by atomic mass is 10.1. The monoisotopic (exact) mass is 424 g/mol. The van der Waals surface area contributed by atoms with Crippen molar-refractivity contribution < 1.29 is 9.53 Å². The summed E-state index contributed by atoms with van der Waals surface area (Å²) in [5, 5.41) is 7.66. The molecule has 4 rings (SSSR count). The number of hydrogen-bond donors (Lipinski definition) is 1. The Hall–Kier alpha value is -4.19. The normalized spacial score (nSPS) is 10.9. The molecule has 6 heteroatoms. The van der Waals surface area contributed by atoms with Crippen molar-refractivity contribution in [2.24, 2.45) is 0 Å². The summed E-state index contributed by atoms with van der Waals surface area (Å²) in [6, 6.07) is 23.8. The van der Waals surface area contributed by atoms with Gasteiger partial charge in [0.1, 0.15) is 0 Å². The van der Waals surface area contributed by atoms with E-state index in [1.54, 1.807) is 19.4 Å². The number of aromatic nitrogens is 3. The van der Waals surface area contributed by atoms with Gasteiger partial charge in [-0.05, 0) is 17.7 Å². The van der Waals surface area contributed by atoms with Crippen LogP contribution in [0.3, 0.4) is 0 Å². The van der Waals surface area contributed by atoms with Gasteiger partial charge in [0.2, 0.25) is 11.8 Å². The molecule has 1 N–H and O–H groups in total. The Morgan fingerprint density at radius 2 is 1.78 bits per heavy atom. The Kier molecular flexibility index (Phi) is 6.72. The van der Waals surface area contributed by atoms with E-state index in [2.05, 4.69) is 22.4 Å². The molecule has 0 saturated heterocycles. The number of nitrogens with one attached hydrogen (secondary N) is 1. The Balaban J connectivity index is 1.52. The highest BCUT2D eigenvalue weighted by Crippen LogP contribution is 2.23. The van der Waals surface area contributed by atoms with E-state index in [0.29, 0.717) is 19.0 Å². The zero-order valence-electron chi connectivity index (χ0n) is 17.8. The molecular formula is C26H24N4O2. The first-order valence-corrected chi connectivity index (χ1v) is 10.3. The molecule has 0 aliphatic heterocycles. The molecule has 0 radical (unpaired) electrons. The summed E-state index contributed by atoms with van der Waals surface area (Å²) < 4.78 is 7.13. The predicted octanol–water partition coefficient (Wildman–Crippen LogP) is 4.33. The molecule has 0 saturated carbocycles. The van der Waals surface area contributed by atoms with Gasteiger partial charge < -0.3 is 10.1 Å². The van der Waals surface area contributed by atoms with Gasteiger partial charge in [0.15, 0.2) is 0 Å². The number of hydrogen-bond acceptors (Lipinski definition) is 4. The summed E-state index contributed by atoms with van der Waals surface area (Å²) in [7, 11) is 1.56. The molecule has 160 valence electrons. The van der Waals surface area contributed by atoms with Crippen molar-refractivity contribution in [2.75, 3.05) is 7.11 Å². The molecular weight excluding hydrogens is 400 g/mol. The van der Waals surface area contributed by atoms with Crippen LogP contribution in [-0.2, 0) is 17.9 Å². The van der Waals surface area contributed by atoms with Gasteiger partial charge in [-0.3, -0.25) is 9.48 Å². The second-order valence-electron chi connectivity index (χ2n) is 7.21. The van der Waals surface area contributed by atoms with Crippen LogP contribution >= 0.6 is 0 Å². The van der Waals surface area contributed by atoms with Crippen molar-refractivity contribution in [1.82, 2.24) is 20.1 Å². The Morgan fingerprint density at radius 3 is 2.53 bits per heavy atom. The first-order chi connectivity index (χ1) is 15.7. The molecule has 32 heavy (non-hydrogen) atoms. The molecule has 0 atom stereocenters. The minimum Gasteiger partial charge on any atom is -0.481 e. The highest BCUT2D eigenvalue weighted by atomic mass is 16.5. The average molecular weight is 425 g/mol. The number of nitrogens with zero attached hydrogens (tertiary/aromatic N) is 3. The fourth-order valence-corrected chi connectivity index (χ4v) is 3.38. The SMILES string of the molecule is COc1ncccc1CNC(=O)/C=C/c1cn(Cc2ccccc2)nc1-c1ccccc1. The minimum absolute atomic E-state index is 0.203. The van der Waals surface area contributed by atoms with Gasteiger partial charge in [0.25, 0.3) is 0 Å². The van der Waals surface area contributed by atoms with Crippen molar-refractivity contribution in [3.8, 4) is 17.1 Å². The molecule has 0 aliphatic rings. The van der Waals surface area contributed by atoms with E-state index in [1.165, 1.54) is 6.08 Å². The summed E-state index contributed by atoms with van der Waals surface area (Å²) in [6.45, 7) is 0.987. The van der Waals surface area contributed by atoms with Crippen molar-refractivity contribution in [2.45, 2.75) is 13.1 Å². The van der Waals surface area contributed by atoms with E-state index in [1.807, 2.05) is 71.5 Å². The van der Waals surface area contributed by atoms with Crippen LogP contribution in [0.4, 0.5) is 0 Å². The van der Waals surface area contributed by atoms with Crippen molar-refractivity contribution in [3.63, 3.8) is 0 Å². The van der Waals surface area contributed by atoms with Gasteiger partial charge in [0, 0.05) is 41.7 Å². The van der Waals surface area contributed by atoms with Gasteiger partial charge >= 0.3 is 0 Å².